The maximum atomic E-state index is 12.4. The Morgan fingerprint density at radius 2 is 1.71 bits per heavy atom. The van der Waals surface area contributed by atoms with Gasteiger partial charge in [-0.3, -0.25) is 4.79 Å². The lowest BCUT2D eigenvalue weighted by molar-refractivity contribution is 0.0701. The van der Waals surface area contributed by atoms with E-state index in [1.54, 1.807) is 30.1 Å². The number of carboxylic acid groups (broad SMARTS) is 1. The van der Waals surface area contributed by atoms with Crippen LogP contribution in [-0.4, -0.2) is 28.9 Å². The van der Waals surface area contributed by atoms with Crippen LogP contribution in [0.2, 0.25) is 5.02 Å². The lowest BCUT2D eigenvalue weighted by Crippen LogP contribution is -2.29. The average molecular weight is 324 g/mol. The summed E-state index contributed by atoms with van der Waals surface area (Å²) in [5.74, 6) is -1.22. The van der Waals surface area contributed by atoms with Crippen molar-refractivity contribution in [3.8, 4) is 0 Å². The summed E-state index contributed by atoms with van der Waals surface area (Å²) in [7, 11) is 1.70. The molecule has 1 unspecified atom stereocenters. The summed E-state index contributed by atoms with van der Waals surface area (Å²) in [5.41, 5.74) is 0.963. The lowest BCUT2D eigenvalue weighted by atomic mass is 10.1. The Labute approximate surface area is 131 Å². The molecule has 4 nitrogen and oxygen atoms in total. The zero-order valence-electron chi connectivity index (χ0n) is 11.5. The molecule has 0 spiro atoms. The van der Waals surface area contributed by atoms with E-state index >= 15 is 0 Å². The van der Waals surface area contributed by atoms with E-state index in [9.17, 15) is 9.59 Å². The van der Waals surface area contributed by atoms with Gasteiger partial charge in [-0.05, 0) is 36.8 Å². The van der Waals surface area contributed by atoms with Crippen LogP contribution in [0, 0.1) is 0 Å². The highest BCUT2D eigenvalue weighted by atomic mass is 35.5. The number of thiophene rings is 1. The van der Waals surface area contributed by atoms with Crippen molar-refractivity contribution in [3.05, 3.63) is 56.7 Å². The summed E-state index contributed by atoms with van der Waals surface area (Å²) in [6, 6.07) is 10.1. The van der Waals surface area contributed by atoms with Gasteiger partial charge in [0.05, 0.1) is 10.9 Å². The predicted molar refractivity (Wildman–Crippen MR) is 83.2 cm³/mol. The summed E-state index contributed by atoms with van der Waals surface area (Å²) in [4.78, 5) is 25.4. The maximum Gasteiger partial charge on any atom is 0.345 e. The molecule has 110 valence electrons. The SMILES string of the molecule is CC(c1ccc(Cl)cc1)N(C)C(=O)c1ccc(C(=O)O)s1. The van der Waals surface area contributed by atoms with E-state index in [1.807, 2.05) is 19.1 Å². The Balaban J connectivity index is 2.17. The van der Waals surface area contributed by atoms with Gasteiger partial charge in [-0.25, -0.2) is 4.79 Å². The molecule has 0 fully saturated rings. The summed E-state index contributed by atoms with van der Waals surface area (Å²) in [5, 5.41) is 9.55. The smallest absolute Gasteiger partial charge is 0.345 e. The monoisotopic (exact) mass is 323 g/mol. The van der Waals surface area contributed by atoms with Crippen molar-refractivity contribution in [1.29, 1.82) is 0 Å². The van der Waals surface area contributed by atoms with Gasteiger partial charge in [-0.2, -0.15) is 0 Å². The maximum absolute atomic E-state index is 12.4. The van der Waals surface area contributed by atoms with Crippen molar-refractivity contribution in [1.82, 2.24) is 4.90 Å². The van der Waals surface area contributed by atoms with Crippen molar-refractivity contribution in [3.63, 3.8) is 0 Å². The number of hydrogen-bond donors (Lipinski definition) is 1. The molecule has 1 heterocycles. The van der Waals surface area contributed by atoms with Crippen molar-refractivity contribution in [2.75, 3.05) is 7.05 Å². The number of benzene rings is 1. The fraction of sp³-hybridized carbons (Fsp3) is 0.200. The molecule has 0 saturated heterocycles. The Morgan fingerprint density at radius 1 is 1.14 bits per heavy atom. The van der Waals surface area contributed by atoms with Crippen LogP contribution in [-0.2, 0) is 0 Å². The predicted octanol–water partition coefficient (Wildman–Crippen LogP) is 3.93. The van der Waals surface area contributed by atoms with Gasteiger partial charge in [0.1, 0.15) is 4.88 Å². The molecule has 21 heavy (non-hydrogen) atoms. The van der Waals surface area contributed by atoms with Crippen LogP contribution in [0.15, 0.2) is 36.4 Å². The fourth-order valence-electron chi connectivity index (χ4n) is 1.88. The second kappa shape index (κ2) is 6.28. The molecule has 1 aromatic heterocycles. The van der Waals surface area contributed by atoms with Gasteiger partial charge in [0.25, 0.3) is 5.91 Å². The molecular formula is C15H14ClNO3S. The molecule has 0 saturated carbocycles. The molecule has 0 bridgehead atoms. The van der Waals surface area contributed by atoms with Crippen LogP contribution in [0.5, 0.6) is 0 Å². The standard InChI is InChI=1S/C15H14ClNO3S/c1-9(10-3-5-11(16)6-4-10)17(2)14(18)12-7-8-13(21-12)15(19)20/h3-9H,1-2H3,(H,19,20). The van der Waals surface area contributed by atoms with Gasteiger partial charge in [0.15, 0.2) is 0 Å². The van der Waals surface area contributed by atoms with Crippen molar-refractivity contribution < 1.29 is 14.7 Å². The highest BCUT2D eigenvalue weighted by Crippen LogP contribution is 2.25. The first-order chi connectivity index (χ1) is 9.90. The number of carbonyl (C=O) groups is 2. The van der Waals surface area contributed by atoms with E-state index in [0.717, 1.165) is 16.9 Å². The fourth-order valence-corrected chi connectivity index (χ4v) is 2.84. The second-order valence-electron chi connectivity index (χ2n) is 4.61. The number of carbonyl (C=O) groups excluding carboxylic acids is 1. The molecule has 2 rings (SSSR count). The Morgan fingerprint density at radius 3 is 2.24 bits per heavy atom. The van der Waals surface area contributed by atoms with Crippen LogP contribution in [0.4, 0.5) is 0 Å². The highest BCUT2D eigenvalue weighted by molar-refractivity contribution is 7.15. The summed E-state index contributed by atoms with van der Waals surface area (Å²) < 4.78 is 0. The van der Waals surface area contributed by atoms with Crippen LogP contribution in [0.3, 0.4) is 0 Å². The van der Waals surface area contributed by atoms with Gasteiger partial charge >= 0.3 is 5.97 Å². The van der Waals surface area contributed by atoms with E-state index in [1.165, 1.54) is 6.07 Å². The number of carboxylic acids is 1. The van der Waals surface area contributed by atoms with E-state index in [0.29, 0.717) is 9.90 Å². The van der Waals surface area contributed by atoms with Crippen molar-refractivity contribution in [2.45, 2.75) is 13.0 Å². The number of hydrogen-bond acceptors (Lipinski definition) is 3. The molecule has 1 atom stereocenters. The summed E-state index contributed by atoms with van der Waals surface area (Å²) in [6.07, 6.45) is 0. The van der Waals surface area contributed by atoms with Crippen LogP contribution < -0.4 is 0 Å². The Kier molecular flexibility index (Phi) is 4.65. The van der Waals surface area contributed by atoms with E-state index in [4.69, 9.17) is 16.7 Å². The van der Waals surface area contributed by atoms with Gasteiger partial charge in [-0.15, -0.1) is 11.3 Å². The molecule has 1 amide bonds. The van der Waals surface area contributed by atoms with Gasteiger partial charge in [0.2, 0.25) is 0 Å². The van der Waals surface area contributed by atoms with Crippen LogP contribution in [0.1, 0.15) is 37.9 Å². The number of amides is 1. The second-order valence-corrected chi connectivity index (χ2v) is 6.13. The molecule has 0 aliphatic carbocycles. The number of aromatic carboxylic acids is 1. The zero-order chi connectivity index (χ0) is 15.6. The topological polar surface area (TPSA) is 57.6 Å². The average Bonchev–Trinajstić information content (AvgIpc) is 2.96. The van der Waals surface area contributed by atoms with E-state index in [-0.39, 0.29) is 16.8 Å². The first kappa shape index (κ1) is 15.5. The minimum Gasteiger partial charge on any atom is -0.477 e. The molecule has 1 N–H and O–H groups in total. The first-order valence-electron chi connectivity index (χ1n) is 6.26. The Hall–Kier alpha value is -1.85. The van der Waals surface area contributed by atoms with Gasteiger partial charge in [-0.1, -0.05) is 23.7 Å². The minimum absolute atomic E-state index is 0.134. The molecule has 0 aliphatic rings. The molecular weight excluding hydrogens is 310 g/mol. The quantitative estimate of drug-likeness (QED) is 0.927. The first-order valence-corrected chi connectivity index (χ1v) is 7.45. The van der Waals surface area contributed by atoms with E-state index in [2.05, 4.69) is 0 Å². The zero-order valence-corrected chi connectivity index (χ0v) is 13.1. The summed E-state index contributed by atoms with van der Waals surface area (Å²) in [6.45, 7) is 1.91. The highest BCUT2D eigenvalue weighted by Gasteiger charge is 2.21. The van der Waals surface area contributed by atoms with Crippen LogP contribution in [0.25, 0.3) is 0 Å². The van der Waals surface area contributed by atoms with Gasteiger partial charge < -0.3 is 10.0 Å². The molecule has 1 aromatic carbocycles. The molecule has 0 radical (unpaired) electrons. The molecule has 2 aromatic rings. The third-order valence-corrected chi connectivity index (χ3v) is 4.59. The number of halogens is 1. The van der Waals surface area contributed by atoms with Crippen molar-refractivity contribution in [2.24, 2.45) is 0 Å². The largest absolute Gasteiger partial charge is 0.477 e. The normalized spacial score (nSPS) is 12.0. The lowest BCUT2D eigenvalue weighted by Gasteiger charge is -2.25. The number of nitrogens with zero attached hydrogens (tertiary/aromatic N) is 1. The molecule has 6 heteroatoms. The third kappa shape index (κ3) is 3.43. The summed E-state index contributed by atoms with van der Waals surface area (Å²) >= 11 is 6.83. The van der Waals surface area contributed by atoms with E-state index < -0.39 is 5.97 Å². The minimum atomic E-state index is -1.02. The third-order valence-electron chi connectivity index (χ3n) is 3.28. The Bertz CT molecular complexity index is 666. The number of rotatable bonds is 4. The molecule has 0 aliphatic heterocycles. The van der Waals surface area contributed by atoms with Crippen molar-refractivity contribution >= 4 is 34.8 Å². The van der Waals surface area contributed by atoms with Gasteiger partial charge in [0, 0.05) is 12.1 Å². The van der Waals surface area contributed by atoms with Crippen LogP contribution >= 0.6 is 22.9 Å².